The van der Waals surface area contributed by atoms with Gasteiger partial charge in [0.2, 0.25) is 0 Å². The molecule has 5 nitrogen and oxygen atoms in total. The van der Waals surface area contributed by atoms with E-state index in [0.29, 0.717) is 19.8 Å². The van der Waals surface area contributed by atoms with Crippen LogP contribution in [-0.4, -0.2) is 30.6 Å². The molecule has 220 valence electrons. The van der Waals surface area contributed by atoms with Crippen molar-refractivity contribution in [2.75, 3.05) is 6.61 Å². The molecule has 0 aliphatic carbocycles. The van der Waals surface area contributed by atoms with E-state index in [-0.39, 0.29) is 23.3 Å². The van der Waals surface area contributed by atoms with Gasteiger partial charge in [0.15, 0.2) is 0 Å². The minimum absolute atomic E-state index is 0.108. The van der Waals surface area contributed by atoms with E-state index < -0.39 is 8.32 Å². The van der Waals surface area contributed by atoms with E-state index in [1.165, 1.54) is 10.4 Å². The molecule has 0 radical (unpaired) electrons. The largest absolute Gasteiger partial charge is 0.405 e. The van der Waals surface area contributed by atoms with Crippen molar-refractivity contribution in [3.05, 3.63) is 151 Å². The summed E-state index contributed by atoms with van der Waals surface area (Å²) in [5, 5.41) is 2.39. The Morgan fingerprint density at radius 1 is 0.674 bits per heavy atom. The molecule has 6 rings (SSSR count). The molecule has 0 saturated carbocycles. The van der Waals surface area contributed by atoms with Crippen molar-refractivity contribution in [3.8, 4) is 0 Å². The van der Waals surface area contributed by atoms with Crippen LogP contribution >= 0.6 is 0 Å². The topological polar surface area (TPSA) is 45.5 Å². The van der Waals surface area contributed by atoms with Crippen LogP contribution < -0.4 is 10.4 Å². The van der Waals surface area contributed by atoms with Crippen LogP contribution in [0.15, 0.2) is 134 Å². The maximum Gasteiger partial charge on any atom is 0.261 e. The summed E-state index contributed by atoms with van der Waals surface area (Å²) >= 11 is 0. The van der Waals surface area contributed by atoms with Crippen LogP contribution in [-0.2, 0) is 27.1 Å². The summed E-state index contributed by atoms with van der Waals surface area (Å²) in [6.45, 7) is 8.39. The van der Waals surface area contributed by atoms with E-state index in [1.54, 1.807) is 0 Å². The molecule has 1 aliphatic heterocycles. The summed E-state index contributed by atoms with van der Waals surface area (Å²) in [5.74, 6) is 0. The summed E-state index contributed by atoms with van der Waals surface area (Å²) in [5.41, 5.74) is 3.28. The molecule has 4 aromatic carbocycles. The second-order valence-corrected chi connectivity index (χ2v) is 16.6. The van der Waals surface area contributed by atoms with Crippen molar-refractivity contribution in [3.63, 3.8) is 0 Å². The Morgan fingerprint density at radius 2 is 1.16 bits per heavy atom. The maximum absolute atomic E-state index is 7.42. The third kappa shape index (κ3) is 6.01. The first kappa shape index (κ1) is 29.3. The molecule has 0 saturated heterocycles. The van der Waals surface area contributed by atoms with Crippen LogP contribution in [0, 0.1) is 0 Å². The van der Waals surface area contributed by atoms with E-state index in [4.69, 9.17) is 13.9 Å². The number of benzene rings is 4. The Labute approximate surface area is 256 Å². The molecule has 0 fully saturated rings. The highest BCUT2D eigenvalue weighted by Crippen LogP contribution is 2.43. The van der Waals surface area contributed by atoms with E-state index >= 15 is 0 Å². The van der Waals surface area contributed by atoms with Gasteiger partial charge in [0.25, 0.3) is 8.32 Å². The van der Waals surface area contributed by atoms with Gasteiger partial charge in [0, 0.05) is 0 Å². The van der Waals surface area contributed by atoms with Crippen LogP contribution in [0.5, 0.6) is 0 Å². The first-order valence-corrected chi connectivity index (χ1v) is 17.0. The van der Waals surface area contributed by atoms with Crippen LogP contribution in [0.2, 0.25) is 5.04 Å². The van der Waals surface area contributed by atoms with Crippen molar-refractivity contribution < 1.29 is 13.9 Å². The molecular formula is C37H40N2O3Si. The summed E-state index contributed by atoms with van der Waals surface area (Å²) in [6.07, 6.45) is 3.29. The molecule has 1 aliphatic rings. The molecule has 0 amide bonds. The Hall–Kier alpha value is -3.81. The normalized spacial score (nSPS) is 18.4. The average molecular weight is 589 g/mol. The Balaban J connectivity index is 1.35. The van der Waals surface area contributed by atoms with E-state index in [0.717, 1.165) is 16.8 Å². The van der Waals surface area contributed by atoms with Crippen molar-refractivity contribution in [2.24, 2.45) is 0 Å². The molecule has 1 aromatic heterocycles. The number of hydrogen-bond donors (Lipinski definition) is 0. The van der Waals surface area contributed by atoms with Crippen LogP contribution in [0.1, 0.15) is 49.7 Å². The molecule has 0 unspecified atom stereocenters. The van der Waals surface area contributed by atoms with E-state index in [2.05, 4.69) is 115 Å². The highest BCUT2D eigenvalue weighted by molar-refractivity contribution is 6.99. The van der Waals surface area contributed by atoms with Crippen molar-refractivity contribution in [2.45, 2.75) is 57.3 Å². The van der Waals surface area contributed by atoms with Gasteiger partial charge < -0.3 is 18.5 Å². The van der Waals surface area contributed by atoms with Gasteiger partial charge >= 0.3 is 0 Å². The number of fused-ring (bicyclic) bond motifs is 1. The average Bonchev–Trinajstić information content (AvgIpc) is 3.62. The fourth-order valence-electron chi connectivity index (χ4n) is 6.39. The SMILES string of the molecule is CC(C)(C)[Si](OC[C@@H]1[C@@H](OCc2ccccc2)[C@@H](OCc2ccccc2)c2cncn21)(c1ccccc1)c1ccccc1. The summed E-state index contributed by atoms with van der Waals surface area (Å²) in [6, 6.07) is 42.1. The van der Waals surface area contributed by atoms with Gasteiger partial charge in [-0.25, -0.2) is 4.98 Å². The second kappa shape index (κ2) is 12.8. The third-order valence-electron chi connectivity index (χ3n) is 8.47. The van der Waals surface area contributed by atoms with Gasteiger partial charge in [-0.2, -0.15) is 0 Å². The molecule has 6 heteroatoms. The molecule has 0 spiro atoms. The van der Waals surface area contributed by atoms with Gasteiger partial charge in [-0.05, 0) is 26.5 Å². The smallest absolute Gasteiger partial charge is 0.261 e. The molecule has 0 N–H and O–H groups in total. The minimum Gasteiger partial charge on any atom is -0.405 e. The molecule has 43 heavy (non-hydrogen) atoms. The van der Waals surface area contributed by atoms with Crippen LogP contribution in [0.4, 0.5) is 0 Å². The quantitative estimate of drug-likeness (QED) is 0.158. The molecule has 2 heterocycles. The van der Waals surface area contributed by atoms with Gasteiger partial charge in [-0.3, -0.25) is 0 Å². The van der Waals surface area contributed by atoms with Crippen LogP contribution in [0.3, 0.4) is 0 Å². The Bertz CT molecular complexity index is 1530. The predicted octanol–water partition coefficient (Wildman–Crippen LogP) is 6.86. The summed E-state index contributed by atoms with van der Waals surface area (Å²) in [7, 11) is -2.76. The number of rotatable bonds is 11. The molecular weight excluding hydrogens is 549 g/mol. The van der Waals surface area contributed by atoms with Gasteiger partial charge in [0.05, 0.1) is 44.1 Å². The highest BCUT2D eigenvalue weighted by Gasteiger charge is 2.52. The number of nitrogens with zero attached hydrogens (tertiary/aromatic N) is 2. The zero-order chi connectivity index (χ0) is 29.7. The number of aromatic nitrogens is 2. The predicted molar refractivity (Wildman–Crippen MR) is 174 cm³/mol. The zero-order valence-electron chi connectivity index (χ0n) is 25.2. The second-order valence-electron chi connectivity index (χ2n) is 12.2. The van der Waals surface area contributed by atoms with Gasteiger partial charge in [-0.15, -0.1) is 0 Å². The third-order valence-corrected chi connectivity index (χ3v) is 13.5. The summed E-state index contributed by atoms with van der Waals surface area (Å²) < 4.78 is 23.0. The minimum atomic E-state index is -2.76. The number of hydrogen-bond acceptors (Lipinski definition) is 4. The lowest BCUT2D eigenvalue weighted by atomic mass is 10.1. The van der Waals surface area contributed by atoms with Gasteiger partial charge in [-0.1, -0.05) is 142 Å². The van der Waals surface area contributed by atoms with Crippen molar-refractivity contribution in [1.29, 1.82) is 0 Å². The number of ether oxygens (including phenoxy) is 2. The molecule has 3 atom stereocenters. The maximum atomic E-state index is 7.42. The monoisotopic (exact) mass is 588 g/mol. The standard InChI is InChI=1S/C37H40N2O3Si/c1-37(2,3)43(31-20-12-6-13-21-31,32-22-14-7-15-23-32)42-27-34-36(41-26-30-18-10-5-11-19-30)35(33-24-38-28-39(33)34)40-25-29-16-8-4-9-17-29/h4-24,28,34-36H,25-27H2,1-3H3/t34-,35+,36-/m1/s1. The first-order valence-electron chi connectivity index (χ1n) is 15.1. The fourth-order valence-corrected chi connectivity index (χ4v) is 11.0. The highest BCUT2D eigenvalue weighted by atomic mass is 28.4. The van der Waals surface area contributed by atoms with Gasteiger partial charge in [0.1, 0.15) is 12.2 Å². The van der Waals surface area contributed by atoms with Crippen LogP contribution in [0.25, 0.3) is 0 Å². The summed E-state index contributed by atoms with van der Waals surface area (Å²) in [4.78, 5) is 4.54. The lowest BCUT2D eigenvalue weighted by Gasteiger charge is -2.44. The first-order chi connectivity index (χ1) is 21.0. The zero-order valence-corrected chi connectivity index (χ0v) is 26.2. The van der Waals surface area contributed by atoms with Crippen molar-refractivity contribution in [1.82, 2.24) is 9.55 Å². The number of imidazole rings is 1. The molecule has 0 bridgehead atoms. The molecule has 5 aromatic rings. The van der Waals surface area contributed by atoms with E-state index in [9.17, 15) is 0 Å². The Kier molecular flexibility index (Phi) is 8.72. The van der Waals surface area contributed by atoms with Crippen molar-refractivity contribution >= 4 is 18.7 Å². The Morgan fingerprint density at radius 3 is 1.67 bits per heavy atom. The lowest BCUT2D eigenvalue weighted by molar-refractivity contribution is -0.0957. The van der Waals surface area contributed by atoms with E-state index in [1.807, 2.05) is 48.9 Å². The lowest BCUT2D eigenvalue weighted by Crippen LogP contribution is -2.67. The fraction of sp³-hybridized carbons (Fsp3) is 0.270.